The molecule has 0 heterocycles. The van der Waals surface area contributed by atoms with Crippen LogP contribution in [0, 0.1) is 0 Å². The maximum atomic E-state index is 9.45. The fourth-order valence-corrected chi connectivity index (χ4v) is 5.94. The number of allylic oxidation sites excluding steroid dienone is 3. The van der Waals surface area contributed by atoms with Crippen LogP contribution < -0.4 is 0 Å². The first-order chi connectivity index (χ1) is 17.9. The fraction of sp³-hybridized carbons (Fsp3) is 0.308. The first-order valence-electron chi connectivity index (χ1n) is 11.5. The predicted octanol–water partition coefficient (Wildman–Crippen LogP) is 8.34. The Morgan fingerprint density at radius 2 is 1.30 bits per heavy atom. The fourth-order valence-electron chi connectivity index (χ4n) is 3.41. The molecule has 37 heavy (non-hydrogen) atoms. The molecule has 202 valence electrons. The van der Waals surface area contributed by atoms with Crippen molar-refractivity contribution in [3.63, 3.8) is 0 Å². The van der Waals surface area contributed by atoms with Gasteiger partial charge in [-0.1, -0.05) is 90.0 Å². The van der Waals surface area contributed by atoms with Crippen molar-refractivity contribution < 1.29 is 44.5 Å². The normalized spacial score (nSPS) is 12.6. The van der Waals surface area contributed by atoms with Gasteiger partial charge in [-0.15, -0.1) is 0 Å². The Morgan fingerprint density at radius 3 is 1.81 bits per heavy atom. The molecule has 0 aliphatic carbocycles. The molecule has 2 aromatic rings. The van der Waals surface area contributed by atoms with Crippen molar-refractivity contribution in [2.75, 3.05) is 6.61 Å². The Hall–Kier alpha value is -1.84. The van der Waals surface area contributed by atoms with Crippen LogP contribution in [0.15, 0.2) is 77.9 Å². The van der Waals surface area contributed by atoms with Gasteiger partial charge in [0.05, 0.1) is 6.61 Å². The van der Waals surface area contributed by atoms with Crippen molar-refractivity contribution in [3.8, 4) is 0 Å². The highest BCUT2D eigenvalue weighted by Crippen LogP contribution is 2.69. The molecule has 0 aliphatic heterocycles. The van der Waals surface area contributed by atoms with Gasteiger partial charge in [0, 0.05) is 6.42 Å². The minimum atomic E-state index is -2.68. The minimum Gasteiger partial charge on any atom is -0.352 e. The van der Waals surface area contributed by atoms with Gasteiger partial charge in [-0.05, 0) is 50.3 Å². The van der Waals surface area contributed by atoms with Crippen LogP contribution in [-0.4, -0.2) is 32.7 Å². The van der Waals surface area contributed by atoms with Crippen molar-refractivity contribution in [1.82, 2.24) is 0 Å². The van der Waals surface area contributed by atoms with E-state index in [0.717, 1.165) is 29.5 Å². The minimum absolute atomic E-state index is 0.0321. The maximum Gasteiger partial charge on any atom is 0.286 e. The lowest BCUT2D eigenvalue weighted by Crippen LogP contribution is -2.34. The van der Waals surface area contributed by atoms with Gasteiger partial charge < -0.3 is 4.74 Å². The summed E-state index contributed by atoms with van der Waals surface area (Å²) in [5.41, 5.74) is 4.87. The van der Waals surface area contributed by atoms with E-state index >= 15 is 0 Å². The summed E-state index contributed by atoms with van der Waals surface area (Å²) in [5.74, 6) is 0. The molecule has 4 N–H and O–H groups in total. The standard InChI is InChI=1S/C26H34O9P2/c1-21(2)8-7-9-22(3)18-19-31-26(36(32-27)33-28,37(34-29)35-30)20-25-16-14-24(15-17-25)13-12-23-10-5-4-6-11-23/h4-6,8,10-18,27-30H,7,9,19-20H2,1-3H3/b13-12+,22-18+. The van der Waals surface area contributed by atoms with Crippen molar-refractivity contribution in [2.24, 2.45) is 0 Å². The number of rotatable bonds is 16. The summed E-state index contributed by atoms with van der Waals surface area (Å²) in [6, 6.07) is 17.1. The van der Waals surface area contributed by atoms with Crippen LogP contribution in [0.2, 0.25) is 0 Å². The molecule has 11 heteroatoms. The van der Waals surface area contributed by atoms with Gasteiger partial charge in [-0.2, -0.15) is 18.7 Å². The molecule has 0 bridgehead atoms. The van der Waals surface area contributed by atoms with E-state index in [0.29, 0.717) is 5.56 Å². The van der Waals surface area contributed by atoms with Crippen molar-refractivity contribution in [1.29, 1.82) is 0 Å². The molecular formula is C26H34O9P2. The lowest BCUT2D eigenvalue weighted by atomic mass is 10.1. The highest BCUT2D eigenvalue weighted by atomic mass is 31.2. The molecule has 0 aromatic heterocycles. The maximum absolute atomic E-state index is 9.45. The van der Waals surface area contributed by atoms with E-state index < -0.39 is 21.8 Å². The molecule has 0 fully saturated rings. The first kappa shape index (κ1) is 31.4. The monoisotopic (exact) mass is 552 g/mol. The molecule has 0 aliphatic rings. The van der Waals surface area contributed by atoms with Crippen LogP contribution in [0.25, 0.3) is 12.2 Å². The summed E-state index contributed by atoms with van der Waals surface area (Å²) in [4.78, 5) is 0. The summed E-state index contributed by atoms with van der Waals surface area (Å²) < 4.78 is 23.3. The largest absolute Gasteiger partial charge is 0.352 e. The van der Waals surface area contributed by atoms with Crippen LogP contribution >= 0.6 is 16.8 Å². The van der Waals surface area contributed by atoms with Crippen molar-refractivity contribution in [3.05, 3.63) is 94.6 Å². The molecule has 0 atom stereocenters. The van der Waals surface area contributed by atoms with E-state index in [1.807, 2.05) is 75.4 Å². The summed E-state index contributed by atoms with van der Waals surface area (Å²) in [6.45, 7) is 5.96. The molecule has 0 unspecified atom stereocenters. The third-order valence-corrected chi connectivity index (χ3v) is 8.68. The number of hydrogen-bond donors (Lipinski definition) is 4. The number of hydrogen-bond acceptors (Lipinski definition) is 9. The van der Waals surface area contributed by atoms with Crippen molar-refractivity contribution in [2.45, 2.75) is 45.1 Å². The number of ether oxygens (including phenoxy) is 1. The van der Waals surface area contributed by atoms with E-state index in [1.54, 1.807) is 18.2 Å². The second-order valence-corrected chi connectivity index (χ2v) is 11.9. The Balaban J connectivity index is 2.27. The van der Waals surface area contributed by atoms with Gasteiger partial charge in [0.25, 0.3) is 16.8 Å². The van der Waals surface area contributed by atoms with Gasteiger partial charge >= 0.3 is 0 Å². The first-order valence-corrected chi connectivity index (χ1v) is 13.9. The molecule has 0 radical (unpaired) electrons. The lowest BCUT2D eigenvalue weighted by molar-refractivity contribution is -0.219. The second kappa shape index (κ2) is 16.9. The molecule has 0 spiro atoms. The zero-order valence-corrected chi connectivity index (χ0v) is 22.8. The van der Waals surface area contributed by atoms with E-state index in [1.165, 1.54) is 5.57 Å². The third kappa shape index (κ3) is 10.1. The summed E-state index contributed by atoms with van der Waals surface area (Å²) in [7, 11) is -5.36. The molecule has 0 saturated heterocycles. The van der Waals surface area contributed by atoms with Crippen molar-refractivity contribution >= 4 is 28.9 Å². The van der Waals surface area contributed by atoms with Gasteiger partial charge in [-0.3, -0.25) is 0 Å². The molecule has 0 saturated carbocycles. The van der Waals surface area contributed by atoms with Crippen LogP contribution in [0.4, 0.5) is 0 Å². The van der Waals surface area contributed by atoms with Gasteiger partial charge in [0.1, 0.15) is 0 Å². The zero-order chi connectivity index (χ0) is 27.1. The van der Waals surface area contributed by atoms with E-state index in [4.69, 9.17) is 4.74 Å². The highest BCUT2D eigenvalue weighted by Gasteiger charge is 2.55. The summed E-state index contributed by atoms with van der Waals surface area (Å²) in [6.07, 6.45) is 9.40. The van der Waals surface area contributed by atoms with Gasteiger partial charge in [-0.25, -0.2) is 21.0 Å². The summed E-state index contributed by atoms with van der Waals surface area (Å²) in [5, 5.41) is 35.9. The smallest absolute Gasteiger partial charge is 0.286 e. The van der Waals surface area contributed by atoms with Crippen LogP contribution in [0.5, 0.6) is 0 Å². The molecule has 2 aromatic carbocycles. The SMILES string of the molecule is CC(C)=CCC/C(C)=C/COC(Cc1ccc(/C=C/c2ccccc2)cc1)(P(OO)OO)P(OO)OO. The Labute approximate surface area is 219 Å². The van der Waals surface area contributed by atoms with Crippen LogP contribution in [-0.2, 0) is 29.9 Å². The predicted molar refractivity (Wildman–Crippen MR) is 145 cm³/mol. The summed E-state index contributed by atoms with van der Waals surface area (Å²) >= 11 is 0. The Morgan fingerprint density at radius 1 is 0.757 bits per heavy atom. The van der Waals surface area contributed by atoms with E-state index in [9.17, 15) is 21.0 Å². The van der Waals surface area contributed by atoms with E-state index in [2.05, 4.69) is 24.8 Å². The average Bonchev–Trinajstić information content (AvgIpc) is 2.90. The zero-order valence-electron chi connectivity index (χ0n) is 21.1. The average molecular weight is 552 g/mol. The van der Waals surface area contributed by atoms with Crippen LogP contribution in [0.1, 0.15) is 50.3 Å². The molecular weight excluding hydrogens is 518 g/mol. The molecule has 0 amide bonds. The van der Waals surface area contributed by atoms with Gasteiger partial charge in [0.2, 0.25) is 5.08 Å². The Bertz CT molecular complexity index is 986. The van der Waals surface area contributed by atoms with Gasteiger partial charge in [0.15, 0.2) is 0 Å². The quantitative estimate of drug-likeness (QED) is 0.0534. The molecule has 2 rings (SSSR count). The lowest BCUT2D eigenvalue weighted by Gasteiger charge is -2.36. The Kier molecular flexibility index (Phi) is 14.3. The van der Waals surface area contributed by atoms with E-state index in [-0.39, 0.29) is 13.0 Å². The highest BCUT2D eigenvalue weighted by molar-refractivity contribution is 7.67. The van der Waals surface area contributed by atoms with Crippen LogP contribution in [0.3, 0.4) is 0 Å². The topological polar surface area (TPSA) is 127 Å². The second-order valence-electron chi connectivity index (χ2n) is 8.43. The molecule has 9 nitrogen and oxygen atoms in total. The third-order valence-electron chi connectivity index (χ3n) is 5.39. The number of benzene rings is 2.